The zero-order valence-electron chi connectivity index (χ0n) is 15.9. The van der Waals surface area contributed by atoms with Crippen molar-refractivity contribution in [1.82, 2.24) is 24.5 Å². The molecule has 1 aliphatic carbocycles. The average Bonchev–Trinajstić information content (AvgIpc) is 3.14. The van der Waals surface area contributed by atoms with Gasteiger partial charge >= 0.3 is 0 Å². The van der Waals surface area contributed by atoms with Crippen molar-refractivity contribution in [3.63, 3.8) is 0 Å². The number of nitrogens with one attached hydrogen (secondary N) is 1. The van der Waals surface area contributed by atoms with Gasteiger partial charge in [-0.1, -0.05) is 24.3 Å². The predicted octanol–water partition coefficient (Wildman–Crippen LogP) is 4.42. The van der Waals surface area contributed by atoms with Gasteiger partial charge in [0, 0.05) is 6.07 Å². The molecule has 1 amide bonds. The quantitative estimate of drug-likeness (QED) is 0.516. The Morgan fingerprint density at radius 1 is 1.17 bits per heavy atom. The van der Waals surface area contributed by atoms with Gasteiger partial charge in [-0.2, -0.15) is 5.10 Å². The molecule has 1 N–H and O–H groups in total. The Labute approximate surface area is 172 Å². The third kappa shape index (κ3) is 3.47. The second-order valence-electron chi connectivity index (χ2n) is 7.18. The zero-order chi connectivity index (χ0) is 19.8. The topological polar surface area (TPSA) is 77.6 Å². The van der Waals surface area contributed by atoms with Gasteiger partial charge in [-0.05, 0) is 49.3 Å². The number of nitrogens with zero attached hydrogens (tertiary/aromatic N) is 5. The fraction of sp³-hybridized carbons (Fsp3) is 0.238. The van der Waals surface area contributed by atoms with Crippen molar-refractivity contribution < 1.29 is 4.79 Å². The summed E-state index contributed by atoms with van der Waals surface area (Å²) in [7, 11) is 0. The van der Waals surface area contributed by atoms with E-state index in [2.05, 4.69) is 27.4 Å². The van der Waals surface area contributed by atoms with Gasteiger partial charge in [0.2, 0.25) is 5.82 Å². The normalized spacial score (nSPS) is 14.7. The molecule has 146 valence electrons. The van der Waals surface area contributed by atoms with E-state index >= 15 is 0 Å². The van der Waals surface area contributed by atoms with Gasteiger partial charge in [0.05, 0.1) is 22.8 Å². The summed E-state index contributed by atoms with van der Waals surface area (Å²) in [6, 6.07) is 15.7. The van der Waals surface area contributed by atoms with E-state index < -0.39 is 0 Å². The number of amides is 1. The first-order valence-corrected chi connectivity index (χ1v) is 10.5. The Hall–Kier alpha value is -3.26. The minimum Gasteiger partial charge on any atom is -0.304 e. The van der Waals surface area contributed by atoms with E-state index in [-0.39, 0.29) is 17.8 Å². The fourth-order valence-electron chi connectivity index (χ4n) is 3.41. The molecule has 0 spiro atoms. The largest absolute Gasteiger partial charge is 0.304 e. The maximum Gasteiger partial charge on any atom is 0.296 e. The minimum atomic E-state index is -0.345. The molecule has 0 aliphatic heterocycles. The molecule has 7 nitrogen and oxygen atoms in total. The van der Waals surface area contributed by atoms with Crippen LogP contribution in [0.5, 0.6) is 0 Å². The van der Waals surface area contributed by atoms with Crippen LogP contribution in [0.3, 0.4) is 0 Å². The van der Waals surface area contributed by atoms with E-state index in [4.69, 9.17) is 0 Å². The molecular weight excluding hydrogens is 384 g/mol. The molecule has 4 aromatic rings. The SMILES string of the molecule is CC(C1CC1)n1nccc1NC(=O)c1nc(-c2cccs2)n(-c2ccccc2)n1. The number of hydrogen-bond donors (Lipinski definition) is 1. The molecule has 0 bridgehead atoms. The van der Waals surface area contributed by atoms with Crippen LogP contribution in [0.2, 0.25) is 0 Å². The first-order valence-electron chi connectivity index (χ1n) is 9.62. The molecule has 1 saturated carbocycles. The van der Waals surface area contributed by atoms with Crippen LogP contribution in [0.15, 0.2) is 60.1 Å². The van der Waals surface area contributed by atoms with Crippen molar-refractivity contribution in [2.75, 3.05) is 5.32 Å². The smallest absolute Gasteiger partial charge is 0.296 e. The highest BCUT2D eigenvalue weighted by Crippen LogP contribution is 2.40. The summed E-state index contributed by atoms with van der Waals surface area (Å²) in [6.45, 7) is 2.14. The third-order valence-corrected chi connectivity index (χ3v) is 6.02. The summed E-state index contributed by atoms with van der Waals surface area (Å²) in [5.41, 5.74) is 0.856. The average molecular weight is 404 g/mol. The van der Waals surface area contributed by atoms with Crippen LogP contribution < -0.4 is 5.32 Å². The number of rotatable bonds is 6. The van der Waals surface area contributed by atoms with Gasteiger partial charge in [0.15, 0.2) is 5.82 Å². The van der Waals surface area contributed by atoms with E-state index in [1.165, 1.54) is 12.8 Å². The summed E-state index contributed by atoms with van der Waals surface area (Å²) >= 11 is 1.56. The predicted molar refractivity (Wildman–Crippen MR) is 112 cm³/mol. The standard InChI is InChI=1S/C21H20N6OS/c1-14(15-9-10-15)26-18(11-12-22-26)23-21(28)19-24-20(17-8-5-13-29-17)27(25-19)16-6-3-2-4-7-16/h2-8,11-15H,9-10H2,1H3,(H,23,28). The lowest BCUT2D eigenvalue weighted by Crippen LogP contribution is -2.19. The van der Waals surface area contributed by atoms with Crippen LogP contribution >= 0.6 is 11.3 Å². The third-order valence-electron chi connectivity index (χ3n) is 5.15. The zero-order valence-corrected chi connectivity index (χ0v) is 16.7. The van der Waals surface area contributed by atoms with Crippen molar-refractivity contribution in [2.24, 2.45) is 5.92 Å². The number of thiophene rings is 1. The first-order chi connectivity index (χ1) is 14.2. The first kappa shape index (κ1) is 17.8. The van der Waals surface area contributed by atoms with Crippen LogP contribution in [0.4, 0.5) is 5.82 Å². The minimum absolute atomic E-state index is 0.129. The summed E-state index contributed by atoms with van der Waals surface area (Å²) in [5, 5.41) is 13.8. The number of aromatic nitrogens is 5. The van der Waals surface area contributed by atoms with Crippen molar-refractivity contribution in [3.05, 3.63) is 65.9 Å². The Morgan fingerprint density at radius 3 is 2.72 bits per heavy atom. The van der Waals surface area contributed by atoms with E-state index in [1.54, 1.807) is 22.2 Å². The van der Waals surface area contributed by atoms with E-state index in [1.807, 2.05) is 58.6 Å². The van der Waals surface area contributed by atoms with Crippen LogP contribution in [0.1, 0.15) is 36.4 Å². The maximum atomic E-state index is 13.0. The Kier molecular flexibility index (Phi) is 4.48. The lowest BCUT2D eigenvalue weighted by Gasteiger charge is -2.14. The molecule has 3 aromatic heterocycles. The van der Waals surface area contributed by atoms with Crippen molar-refractivity contribution >= 4 is 23.1 Å². The maximum absolute atomic E-state index is 13.0. The van der Waals surface area contributed by atoms with Gasteiger partial charge in [-0.3, -0.25) is 4.79 Å². The second kappa shape index (κ2) is 7.29. The van der Waals surface area contributed by atoms with Crippen molar-refractivity contribution in [3.8, 4) is 16.4 Å². The Balaban J connectivity index is 1.47. The van der Waals surface area contributed by atoms with Gasteiger partial charge in [-0.25, -0.2) is 14.3 Å². The molecule has 1 atom stereocenters. The number of hydrogen-bond acceptors (Lipinski definition) is 5. The van der Waals surface area contributed by atoms with Crippen LogP contribution in [-0.2, 0) is 0 Å². The Morgan fingerprint density at radius 2 is 2.00 bits per heavy atom. The molecule has 1 fully saturated rings. The van der Waals surface area contributed by atoms with E-state index in [9.17, 15) is 4.79 Å². The molecule has 8 heteroatoms. The van der Waals surface area contributed by atoms with Crippen LogP contribution in [-0.4, -0.2) is 30.5 Å². The summed E-state index contributed by atoms with van der Waals surface area (Å²) in [5.74, 6) is 1.73. The van der Waals surface area contributed by atoms with Gasteiger partial charge < -0.3 is 5.32 Å². The van der Waals surface area contributed by atoms with E-state index in [0.717, 1.165) is 10.6 Å². The second-order valence-corrected chi connectivity index (χ2v) is 8.12. The van der Waals surface area contributed by atoms with Gasteiger partial charge in [0.1, 0.15) is 5.82 Å². The monoisotopic (exact) mass is 404 g/mol. The highest BCUT2D eigenvalue weighted by molar-refractivity contribution is 7.13. The lowest BCUT2D eigenvalue weighted by molar-refractivity contribution is 0.101. The number of carbonyl (C=O) groups excluding carboxylic acids is 1. The molecule has 1 unspecified atom stereocenters. The molecule has 1 aromatic carbocycles. The van der Waals surface area contributed by atoms with Gasteiger partial charge in [0.25, 0.3) is 5.91 Å². The Bertz CT molecular complexity index is 1130. The lowest BCUT2D eigenvalue weighted by atomic mass is 10.2. The van der Waals surface area contributed by atoms with Crippen LogP contribution in [0, 0.1) is 5.92 Å². The highest BCUT2D eigenvalue weighted by atomic mass is 32.1. The molecule has 5 rings (SSSR count). The molecular formula is C21H20N6OS. The molecule has 29 heavy (non-hydrogen) atoms. The summed E-state index contributed by atoms with van der Waals surface area (Å²) in [6.07, 6.45) is 4.13. The number of carbonyl (C=O) groups is 1. The van der Waals surface area contributed by atoms with E-state index in [0.29, 0.717) is 17.6 Å². The highest BCUT2D eigenvalue weighted by Gasteiger charge is 2.31. The summed E-state index contributed by atoms with van der Waals surface area (Å²) in [4.78, 5) is 18.5. The van der Waals surface area contributed by atoms with Crippen molar-refractivity contribution in [2.45, 2.75) is 25.8 Å². The van der Waals surface area contributed by atoms with Gasteiger partial charge in [-0.15, -0.1) is 16.4 Å². The number of anilines is 1. The van der Waals surface area contributed by atoms with Crippen molar-refractivity contribution in [1.29, 1.82) is 0 Å². The molecule has 0 radical (unpaired) electrons. The molecule has 0 saturated heterocycles. The molecule has 3 heterocycles. The molecule has 1 aliphatic rings. The van der Waals surface area contributed by atoms with Crippen LogP contribution in [0.25, 0.3) is 16.4 Å². The number of benzene rings is 1. The number of para-hydroxylation sites is 1. The fourth-order valence-corrected chi connectivity index (χ4v) is 4.11. The summed E-state index contributed by atoms with van der Waals surface area (Å²) < 4.78 is 3.59.